The highest BCUT2D eigenvalue weighted by Gasteiger charge is 2.30. The van der Waals surface area contributed by atoms with Crippen LogP contribution in [-0.4, -0.2) is 43.5 Å². The van der Waals surface area contributed by atoms with Crippen LogP contribution in [0.5, 0.6) is 0 Å². The Hall–Kier alpha value is -1.62. The Kier molecular flexibility index (Phi) is 4.95. The minimum atomic E-state index is -0.269. The van der Waals surface area contributed by atoms with Crippen LogP contribution in [0.3, 0.4) is 0 Å². The lowest BCUT2D eigenvalue weighted by Crippen LogP contribution is -2.40. The van der Waals surface area contributed by atoms with Gasteiger partial charge in [-0.1, -0.05) is 0 Å². The summed E-state index contributed by atoms with van der Waals surface area (Å²) < 4.78 is 13.0. The van der Waals surface area contributed by atoms with E-state index < -0.39 is 0 Å². The Morgan fingerprint density at radius 2 is 2.00 bits per heavy atom. The topological polar surface area (TPSA) is 49.6 Å². The van der Waals surface area contributed by atoms with Gasteiger partial charge in [-0.05, 0) is 50.1 Å². The maximum atomic E-state index is 13.0. The van der Waals surface area contributed by atoms with E-state index in [4.69, 9.17) is 5.73 Å². The van der Waals surface area contributed by atoms with Gasteiger partial charge in [0.1, 0.15) is 5.82 Å². The summed E-state index contributed by atoms with van der Waals surface area (Å²) in [6, 6.07) is 6.65. The van der Waals surface area contributed by atoms with Crippen LogP contribution >= 0.6 is 0 Å². The first-order chi connectivity index (χ1) is 9.61. The molecule has 1 aliphatic carbocycles. The number of carbonyl (C=O) groups excluding carboxylic acids is 1. The molecular formula is C15H22FN3O. The van der Waals surface area contributed by atoms with Crippen molar-refractivity contribution in [3.05, 3.63) is 30.1 Å². The Bertz CT molecular complexity index is 445. The molecule has 0 aromatic heterocycles. The van der Waals surface area contributed by atoms with E-state index in [2.05, 4.69) is 0 Å². The molecule has 1 aromatic rings. The van der Waals surface area contributed by atoms with Crippen molar-refractivity contribution < 1.29 is 9.18 Å². The average Bonchev–Trinajstić information content (AvgIpc) is 3.28. The summed E-state index contributed by atoms with van der Waals surface area (Å²) in [5, 5.41) is 0. The van der Waals surface area contributed by atoms with Gasteiger partial charge in [0.2, 0.25) is 5.91 Å². The van der Waals surface area contributed by atoms with Crippen molar-refractivity contribution in [2.45, 2.75) is 25.3 Å². The fourth-order valence-corrected chi connectivity index (χ4v) is 2.17. The standard InChI is InChI=1S/C15H22FN3O/c1-18(13-7-8-13)15(20)11-19(10-2-9-17)14-5-3-12(16)4-6-14/h3-6,13H,2,7-11,17H2,1H3. The van der Waals surface area contributed by atoms with Gasteiger partial charge >= 0.3 is 0 Å². The van der Waals surface area contributed by atoms with Gasteiger partial charge in [0.05, 0.1) is 6.54 Å². The predicted molar refractivity (Wildman–Crippen MR) is 78.1 cm³/mol. The molecule has 0 radical (unpaired) electrons. The summed E-state index contributed by atoms with van der Waals surface area (Å²) in [5.74, 6) is -0.164. The van der Waals surface area contributed by atoms with Crippen LogP contribution in [0.4, 0.5) is 10.1 Å². The van der Waals surface area contributed by atoms with E-state index in [1.165, 1.54) is 12.1 Å². The van der Waals surface area contributed by atoms with Crippen molar-refractivity contribution in [2.75, 3.05) is 31.6 Å². The number of amides is 1. The fourth-order valence-electron chi connectivity index (χ4n) is 2.17. The molecule has 0 atom stereocenters. The molecule has 0 unspecified atom stereocenters. The molecule has 2 rings (SSSR count). The van der Waals surface area contributed by atoms with Crippen LogP contribution in [-0.2, 0) is 4.79 Å². The molecule has 0 aliphatic heterocycles. The second-order valence-electron chi connectivity index (χ2n) is 5.28. The van der Waals surface area contributed by atoms with Gasteiger partial charge in [-0.25, -0.2) is 4.39 Å². The summed E-state index contributed by atoms with van der Waals surface area (Å²) >= 11 is 0. The van der Waals surface area contributed by atoms with E-state index in [-0.39, 0.29) is 11.7 Å². The Morgan fingerprint density at radius 1 is 1.35 bits per heavy atom. The maximum Gasteiger partial charge on any atom is 0.242 e. The van der Waals surface area contributed by atoms with E-state index in [9.17, 15) is 9.18 Å². The molecule has 20 heavy (non-hydrogen) atoms. The lowest BCUT2D eigenvalue weighted by atomic mass is 10.2. The van der Waals surface area contributed by atoms with E-state index in [0.717, 1.165) is 24.9 Å². The highest BCUT2D eigenvalue weighted by Crippen LogP contribution is 2.25. The quantitative estimate of drug-likeness (QED) is 0.825. The first-order valence-electron chi connectivity index (χ1n) is 7.08. The van der Waals surface area contributed by atoms with E-state index >= 15 is 0 Å². The van der Waals surface area contributed by atoms with Crippen molar-refractivity contribution >= 4 is 11.6 Å². The zero-order valence-electron chi connectivity index (χ0n) is 11.9. The highest BCUT2D eigenvalue weighted by atomic mass is 19.1. The highest BCUT2D eigenvalue weighted by molar-refractivity contribution is 5.81. The molecule has 2 N–H and O–H groups in total. The molecule has 1 fully saturated rings. The minimum Gasteiger partial charge on any atom is -0.362 e. The van der Waals surface area contributed by atoms with Gasteiger partial charge in [0, 0.05) is 25.3 Å². The second kappa shape index (κ2) is 6.70. The number of halogens is 1. The third-order valence-electron chi connectivity index (χ3n) is 3.64. The number of nitrogens with two attached hydrogens (primary N) is 1. The molecule has 5 heteroatoms. The van der Waals surface area contributed by atoms with Crippen LogP contribution in [0.25, 0.3) is 0 Å². The molecular weight excluding hydrogens is 257 g/mol. The lowest BCUT2D eigenvalue weighted by molar-refractivity contribution is -0.128. The van der Waals surface area contributed by atoms with Crippen molar-refractivity contribution in [3.63, 3.8) is 0 Å². The summed E-state index contributed by atoms with van der Waals surface area (Å²) in [6.07, 6.45) is 3.00. The van der Waals surface area contributed by atoms with E-state index in [1.54, 1.807) is 12.1 Å². The largest absolute Gasteiger partial charge is 0.362 e. The fraction of sp³-hybridized carbons (Fsp3) is 0.533. The lowest BCUT2D eigenvalue weighted by Gasteiger charge is -2.27. The predicted octanol–water partition coefficient (Wildman–Crippen LogP) is 1.60. The van der Waals surface area contributed by atoms with Gasteiger partial charge in [-0.2, -0.15) is 0 Å². The van der Waals surface area contributed by atoms with Crippen LogP contribution in [0.15, 0.2) is 24.3 Å². The Balaban J connectivity index is 2.02. The molecule has 1 aromatic carbocycles. The van der Waals surface area contributed by atoms with Crippen molar-refractivity contribution in [2.24, 2.45) is 5.73 Å². The number of rotatable bonds is 7. The van der Waals surface area contributed by atoms with Crippen LogP contribution in [0.2, 0.25) is 0 Å². The Labute approximate surface area is 119 Å². The molecule has 1 amide bonds. The van der Waals surface area contributed by atoms with Gasteiger partial charge in [0.15, 0.2) is 0 Å². The van der Waals surface area contributed by atoms with Crippen LogP contribution < -0.4 is 10.6 Å². The van der Waals surface area contributed by atoms with Crippen molar-refractivity contribution in [3.8, 4) is 0 Å². The molecule has 0 bridgehead atoms. The second-order valence-corrected chi connectivity index (χ2v) is 5.28. The zero-order chi connectivity index (χ0) is 14.5. The first kappa shape index (κ1) is 14.8. The van der Waals surface area contributed by atoms with Gasteiger partial charge in [0.25, 0.3) is 0 Å². The maximum absolute atomic E-state index is 13.0. The van der Waals surface area contributed by atoms with E-state index in [1.807, 2.05) is 16.8 Å². The number of hydrogen-bond acceptors (Lipinski definition) is 3. The molecule has 0 heterocycles. The molecule has 0 spiro atoms. The van der Waals surface area contributed by atoms with Gasteiger partial charge in [-0.15, -0.1) is 0 Å². The van der Waals surface area contributed by atoms with Crippen LogP contribution in [0.1, 0.15) is 19.3 Å². The normalized spacial score (nSPS) is 14.2. The monoisotopic (exact) mass is 279 g/mol. The van der Waals surface area contributed by atoms with Gasteiger partial charge in [-0.3, -0.25) is 4.79 Å². The Morgan fingerprint density at radius 3 is 2.55 bits per heavy atom. The number of nitrogens with zero attached hydrogens (tertiary/aromatic N) is 2. The van der Waals surface area contributed by atoms with Crippen molar-refractivity contribution in [1.82, 2.24) is 4.90 Å². The van der Waals surface area contributed by atoms with E-state index in [0.29, 0.717) is 25.7 Å². The third kappa shape index (κ3) is 3.93. The first-order valence-corrected chi connectivity index (χ1v) is 7.08. The summed E-state index contributed by atoms with van der Waals surface area (Å²) in [7, 11) is 1.85. The van der Waals surface area contributed by atoms with Gasteiger partial charge < -0.3 is 15.5 Å². The number of hydrogen-bond donors (Lipinski definition) is 1. The molecule has 1 saturated carbocycles. The molecule has 4 nitrogen and oxygen atoms in total. The molecule has 110 valence electrons. The number of carbonyl (C=O) groups is 1. The van der Waals surface area contributed by atoms with Crippen molar-refractivity contribution in [1.29, 1.82) is 0 Å². The summed E-state index contributed by atoms with van der Waals surface area (Å²) in [6.45, 7) is 1.59. The minimum absolute atomic E-state index is 0.105. The SMILES string of the molecule is CN(C(=O)CN(CCCN)c1ccc(F)cc1)C1CC1. The summed E-state index contributed by atoms with van der Waals surface area (Å²) in [5.41, 5.74) is 6.40. The zero-order valence-corrected chi connectivity index (χ0v) is 11.9. The van der Waals surface area contributed by atoms with Crippen LogP contribution in [0, 0.1) is 5.82 Å². The number of benzene rings is 1. The molecule has 1 aliphatic rings. The summed E-state index contributed by atoms with van der Waals surface area (Å²) in [4.78, 5) is 16.0. The third-order valence-corrected chi connectivity index (χ3v) is 3.64. The number of likely N-dealkylation sites (N-methyl/N-ethyl adjacent to an activating group) is 1. The molecule has 0 saturated heterocycles. The number of anilines is 1. The average molecular weight is 279 g/mol. The smallest absolute Gasteiger partial charge is 0.242 e.